The Bertz CT molecular complexity index is 816. The number of nitrogens with zero attached hydrogens (tertiary/aromatic N) is 4. The van der Waals surface area contributed by atoms with Crippen LogP contribution in [0, 0.1) is 0 Å². The molecule has 0 aromatic heterocycles. The summed E-state index contributed by atoms with van der Waals surface area (Å²) >= 11 is 0. The Balaban J connectivity index is 1.52. The van der Waals surface area contributed by atoms with Crippen LogP contribution < -0.4 is 0 Å². The predicted octanol–water partition coefficient (Wildman–Crippen LogP) is 1.96. The van der Waals surface area contributed by atoms with Gasteiger partial charge in [-0.15, -0.1) is 0 Å². The third-order valence-corrected chi connectivity index (χ3v) is 11.0. The summed E-state index contributed by atoms with van der Waals surface area (Å²) in [5, 5.41) is 0. The van der Waals surface area contributed by atoms with Crippen molar-refractivity contribution >= 4 is 20.4 Å². The van der Waals surface area contributed by atoms with Gasteiger partial charge in [-0.2, -0.15) is 34.1 Å². The minimum Gasteiger partial charge on any atom is -0.324 e. The van der Waals surface area contributed by atoms with Gasteiger partial charge in [-0.3, -0.25) is 0 Å². The van der Waals surface area contributed by atoms with Gasteiger partial charge in [0.05, 0.1) is 0 Å². The monoisotopic (exact) mass is 554 g/mol. The van der Waals surface area contributed by atoms with E-state index in [1.165, 1.54) is 17.2 Å². The summed E-state index contributed by atoms with van der Waals surface area (Å²) in [6.45, 7) is 9.37. The van der Waals surface area contributed by atoms with Crippen molar-refractivity contribution in [3.63, 3.8) is 0 Å². The van der Waals surface area contributed by atoms with Crippen molar-refractivity contribution in [3.05, 3.63) is 0 Å². The van der Waals surface area contributed by atoms with Gasteiger partial charge in [-0.05, 0) is 25.7 Å². The van der Waals surface area contributed by atoms with Crippen LogP contribution >= 0.6 is 0 Å². The van der Waals surface area contributed by atoms with E-state index in [0.29, 0.717) is 51.9 Å². The number of unbranched alkanes of at least 4 members (excludes halogenated alkanes) is 4. The molecule has 4 heterocycles. The van der Waals surface area contributed by atoms with Crippen LogP contribution in [-0.4, -0.2) is 97.7 Å². The molecule has 0 aliphatic carbocycles. The first-order chi connectivity index (χ1) is 17.2. The fourth-order valence-corrected chi connectivity index (χ4v) is 8.64. The fraction of sp³-hybridized carbons (Fsp3) is 1.00. The Labute approximate surface area is 216 Å². The Morgan fingerprint density at radius 3 is 0.889 bits per heavy atom. The predicted molar refractivity (Wildman–Crippen MR) is 131 cm³/mol. The zero-order valence-electron chi connectivity index (χ0n) is 21.8. The van der Waals surface area contributed by atoms with Gasteiger partial charge in [0.15, 0.2) is 24.9 Å². The minimum atomic E-state index is -3.71. The first-order valence-electron chi connectivity index (χ1n) is 13.4. The lowest BCUT2D eigenvalue weighted by molar-refractivity contribution is -0.237. The summed E-state index contributed by atoms with van der Waals surface area (Å²) in [6.07, 6.45) is 1.05. The molecule has 4 aliphatic heterocycles. The van der Waals surface area contributed by atoms with Gasteiger partial charge in [0, 0.05) is 26.2 Å². The Morgan fingerprint density at radius 2 is 0.694 bits per heavy atom. The maximum atomic E-state index is 13.2. The van der Waals surface area contributed by atoms with Gasteiger partial charge < -0.3 is 18.9 Å². The van der Waals surface area contributed by atoms with E-state index in [0.717, 1.165) is 25.7 Å². The zero-order valence-corrected chi connectivity index (χ0v) is 23.5. The lowest BCUT2D eigenvalue weighted by Crippen LogP contribution is -2.44. The second-order valence-corrected chi connectivity index (χ2v) is 13.4. The molecule has 4 saturated heterocycles. The third-order valence-electron chi connectivity index (χ3n) is 7.05. The molecule has 4 fully saturated rings. The van der Waals surface area contributed by atoms with E-state index in [1.807, 2.05) is 27.7 Å². The normalized spacial score (nSPS) is 35.1. The van der Waals surface area contributed by atoms with Crippen molar-refractivity contribution in [2.45, 2.75) is 117 Å². The van der Waals surface area contributed by atoms with E-state index >= 15 is 0 Å². The number of fused-ring (bicyclic) bond motifs is 2. The van der Waals surface area contributed by atoms with Gasteiger partial charge in [-0.25, -0.2) is 0 Å². The van der Waals surface area contributed by atoms with Crippen LogP contribution in [0.15, 0.2) is 0 Å². The van der Waals surface area contributed by atoms with Gasteiger partial charge in [0.1, 0.15) is 0 Å². The zero-order chi connectivity index (χ0) is 26.1. The molecule has 0 radical (unpaired) electrons. The topological polar surface area (TPSA) is 118 Å². The largest absolute Gasteiger partial charge is 0.324 e. The van der Waals surface area contributed by atoms with Crippen molar-refractivity contribution in [3.8, 4) is 0 Å². The second-order valence-electron chi connectivity index (χ2n) is 9.72. The molecule has 36 heavy (non-hydrogen) atoms. The molecule has 4 aliphatic rings. The second kappa shape index (κ2) is 11.8. The van der Waals surface area contributed by atoms with E-state index in [2.05, 4.69) is 0 Å². The molecule has 0 saturated carbocycles. The molecule has 0 amide bonds. The van der Waals surface area contributed by atoms with Crippen LogP contribution in [0.3, 0.4) is 0 Å². The third kappa shape index (κ3) is 5.10. The van der Waals surface area contributed by atoms with Crippen LogP contribution in [0.4, 0.5) is 0 Å². The highest BCUT2D eigenvalue weighted by Gasteiger charge is 2.63. The molecule has 0 aromatic rings. The highest BCUT2D eigenvalue weighted by molar-refractivity contribution is 7.87. The Kier molecular flexibility index (Phi) is 9.34. The molecule has 0 bridgehead atoms. The molecular weight excluding hydrogens is 512 g/mol. The molecule has 0 spiro atoms. The first-order valence-corrected chi connectivity index (χ1v) is 16.2. The number of hydrogen-bond donors (Lipinski definition) is 0. The van der Waals surface area contributed by atoms with Crippen LogP contribution in [0.1, 0.15) is 79.1 Å². The van der Waals surface area contributed by atoms with Gasteiger partial charge in [0.2, 0.25) is 12.6 Å². The van der Waals surface area contributed by atoms with E-state index in [4.69, 9.17) is 18.9 Å². The highest BCUT2D eigenvalue weighted by atomic mass is 32.2. The molecule has 0 N–H and O–H groups in total. The smallest absolute Gasteiger partial charge is 0.286 e. The quantitative estimate of drug-likeness (QED) is 0.339. The Hall–Kier alpha value is -0.420. The molecule has 210 valence electrons. The molecule has 12 nitrogen and oxygen atoms in total. The van der Waals surface area contributed by atoms with Gasteiger partial charge in [0.25, 0.3) is 20.4 Å². The lowest BCUT2D eigenvalue weighted by atomic mass is 10.3. The van der Waals surface area contributed by atoms with E-state index < -0.39 is 57.9 Å². The number of ether oxygens (including phenoxy) is 4. The fourth-order valence-electron chi connectivity index (χ4n) is 5.00. The van der Waals surface area contributed by atoms with Crippen molar-refractivity contribution in [2.24, 2.45) is 0 Å². The maximum absolute atomic E-state index is 13.2. The summed E-state index contributed by atoms with van der Waals surface area (Å²) < 4.78 is 82.8. The maximum Gasteiger partial charge on any atom is 0.286 e. The average molecular weight is 555 g/mol. The van der Waals surface area contributed by atoms with Crippen molar-refractivity contribution < 1.29 is 35.8 Å². The van der Waals surface area contributed by atoms with Gasteiger partial charge >= 0.3 is 0 Å². The summed E-state index contributed by atoms with van der Waals surface area (Å²) in [6, 6.07) is 0. The SMILES string of the molecule is CCCCN1[C@@H]2OC(C3O[C@H]4[C@H](O3)N(CCCC)S(=O)(=O)N4CCCC)O[C@@H]2N(CCCC)S1(=O)=O. The van der Waals surface area contributed by atoms with Crippen molar-refractivity contribution in [2.75, 3.05) is 26.2 Å². The first kappa shape index (κ1) is 28.6. The standard InChI is InChI=1S/C22H42N4O8S2/c1-5-9-13-23-17-18(24(14-10-6-2)35(23,27)28)32-21(31-17)22-33-19-20(34-22)26(16-12-8-4)36(29,30)25(19)15-11-7-3/h17-22H,5-16H2,1-4H3/t17-,18-,19-,20+,22?/m0/s1. The van der Waals surface area contributed by atoms with Crippen molar-refractivity contribution in [1.29, 1.82) is 0 Å². The number of hydrogen-bond acceptors (Lipinski definition) is 8. The summed E-state index contributed by atoms with van der Waals surface area (Å²) in [5.74, 6) is 0. The van der Waals surface area contributed by atoms with Gasteiger partial charge in [-0.1, -0.05) is 53.4 Å². The van der Waals surface area contributed by atoms with E-state index in [9.17, 15) is 16.8 Å². The number of rotatable bonds is 13. The van der Waals surface area contributed by atoms with E-state index in [-0.39, 0.29) is 0 Å². The van der Waals surface area contributed by atoms with Crippen LogP contribution in [0.25, 0.3) is 0 Å². The minimum absolute atomic E-state index is 0.337. The molecule has 4 rings (SSSR count). The Morgan fingerprint density at radius 1 is 0.472 bits per heavy atom. The lowest BCUT2D eigenvalue weighted by Gasteiger charge is -2.27. The molecular formula is C22H42N4O8S2. The summed E-state index contributed by atoms with van der Waals surface area (Å²) in [5.41, 5.74) is 0. The highest BCUT2D eigenvalue weighted by Crippen LogP contribution is 2.43. The molecule has 14 heteroatoms. The van der Waals surface area contributed by atoms with Crippen molar-refractivity contribution in [1.82, 2.24) is 17.2 Å². The van der Waals surface area contributed by atoms with Crippen LogP contribution in [-0.2, 0) is 39.4 Å². The molecule has 5 atom stereocenters. The van der Waals surface area contributed by atoms with Crippen LogP contribution in [0.2, 0.25) is 0 Å². The summed E-state index contributed by atoms with van der Waals surface area (Å²) in [7, 11) is -7.42. The van der Waals surface area contributed by atoms with E-state index in [1.54, 1.807) is 0 Å². The molecule has 0 aromatic carbocycles. The summed E-state index contributed by atoms with van der Waals surface area (Å²) in [4.78, 5) is 0. The molecule has 1 unspecified atom stereocenters. The average Bonchev–Trinajstić information content (AvgIpc) is 3.52. The van der Waals surface area contributed by atoms with Crippen LogP contribution in [0.5, 0.6) is 0 Å².